The molecule has 0 aliphatic heterocycles. The van der Waals surface area contributed by atoms with Gasteiger partial charge in [0.25, 0.3) is 5.24 Å². The highest BCUT2D eigenvalue weighted by Gasteiger charge is 2.34. The summed E-state index contributed by atoms with van der Waals surface area (Å²) in [4.78, 5) is 10.7. The average Bonchev–Trinajstić information content (AvgIpc) is 2.15. The molecule has 0 fully saturated rings. The van der Waals surface area contributed by atoms with Crippen molar-refractivity contribution in [2.24, 2.45) is 0 Å². The first-order valence-corrected chi connectivity index (χ1v) is 4.05. The molecule has 1 aromatic carbocycles. The molecule has 15 heavy (non-hydrogen) atoms. The summed E-state index contributed by atoms with van der Waals surface area (Å²) in [7, 11) is 0. The summed E-state index contributed by atoms with van der Waals surface area (Å²) < 4.78 is 37.1. The van der Waals surface area contributed by atoms with Gasteiger partial charge in [-0.25, -0.2) is 0 Å². The minimum absolute atomic E-state index is 0.0491. The van der Waals surface area contributed by atoms with Gasteiger partial charge in [0.05, 0.1) is 17.2 Å². The van der Waals surface area contributed by atoms with E-state index >= 15 is 0 Å². The maximum Gasteiger partial charge on any atom is 0.417 e. The van der Waals surface area contributed by atoms with E-state index in [2.05, 4.69) is 0 Å². The highest BCUT2D eigenvalue weighted by Crippen LogP contribution is 2.33. The number of carbonyl (C=O) groups is 1. The van der Waals surface area contributed by atoms with Gasteiger partial charge < -0.3 is 0 Å². The van der Waals surface area contributed by atoms with Gasteiger partial charge in [0.2, 0.25) is 0 Å². The van der Waals surface area contributed by atoms with Crippen LogP contribution in [-0.2, 0) is 6.18 Å². The summed E-state index contributed by atoms with van der Waals surface area (Å²) in [5, 5.41) is 7.22. The van der Waals surface area contributed by atoms with Crippen LogP contribution < -0.4 is 0 Å². The number of nitrogens with zero attached hydrogens (tertiary/aromatic N) is 1. The van der Waals surface area contributed by atoms with E-state index in [1.807, 2.05) is 0 Å². The summed E-state index contributed by atoms with van der Waals surface area (Å²) in [6, 6.07) is 4.08. The number of benzene rings is 1. The van der Waals surface area contributed by atoms with Crippen LogP contribution in [0.4, 0.5) is 13.2 Å². The lowest BCUT2D eigenvalue weighted by atomic mass is 10.0. The molecule has 0 amide bonds. The molecule has 0 unspecified atom stereocenters. The van der Waals surface area contributed by atoms with Crippen LogP contribution in [0, 0.1) is 11.3 Å². The lowest BCUT2D eigenvalue weighted by Gasteiger charge is -2.09. The fourth-order valence-electron chi connectivity index (χ4n) is 1.02. The number of hydrogen-bond donors (Lipinski definition) is 0. The summed E-state index contributed by atoms with van der Waals surface area (Å²) in [5.74, 6) is 0. The Hall–Kier alpha value is -1.54. The Morgan fingerprint density at radius 2 is 2.00 bits per heavy atom. The zero-order valence-corrected chi connectivity index (χ0v) is 7.86. The van der Waals surface area contributed by atoms with Crippen LogP contribution in [0.1, 0.15) is 21.5 Å². The highest BCUT2D eigenvalue weighted by molar-refractivity contribution is 6.68. The molecule has 0 N–H and O–H groups in total. The molecule has 0 aromatic heterocycles. The number of rotatable bonds is 1. The summed E-state index contributed by atoms with van der Waals surface area (Å²) in [6.45, 7) is 0. The van der Waals surface area contributed by atoms with Crippen molar-refractivity contribution in [3.8, 4) is 6.07 Å². The van der Waals surface area contributed by atoms with Crippen molar-refractivity contribution in [2.75, 3.05) is 0 Å². The minimum Gasteiger partial charge on any atom is -0.276 e. The first-order chi connectivity index (χ1) is 6.86. The van der Waals surface area contributed by atoms with Crippen molar-refractivity contribution < 1.29 is 18.0 Å². The largest absolute Gasteiger partial charge is 0.417 e. The molecule has 78 valence electrons. The lowest BCUT2D eigenvalue weighted by molar-refractivity contribution is -0.137. The Bertz CT molecular complexity index is 448. The van der Waals surface area contributed by atoms with Crippen molar-refractivity contribution in [2.45, 2.75) is 6.18 Å². The van der Waals surface area contributed by atoms with Crippen molar-refractivity contribution in [1.29, 1.82) is 5.26 Å². The monoisotopic (exact) mass is 233 g/mol. The molecule has 0 spiro atoms. The SMILES string of the molecule is N#Cc1ccc(C(F)(F)F)c(C(=O)Cl)c1. The molecule has 0 saturated carbocycles. The highest BCUT2D eigenvalue weighted by atomic mass is 35.5. The van der Waals surface area contributed by atoms with Crippen LogP contribution in [0.2, 0.25) is 0 Å². The Morgan fingerprint density at radius 3 is 2.40 bits per heavy atom. The van der Waals surface area contributed by atoms with E-state index in [9.17, 15) is 18.0 Å². The minimum atomic E-state index is -4.66. The van der Waals surface area contributed by atoms with Crippen LogP contribution in [0.3, 0.4) is 0 Å². The van der Waals surface area contributed by atoms with Gasteiger partial charge in [-0.3, -0.25) is 4.79 Å². The maximum absolute atomic E-state index is 12.4. The van der Waals surface area contributed by atoms with Crippen molar-refractivity contribution >= 4 is 16.8 Å². The smallest absolute Gasteiger partial charge is 0.276 e. The molecule has 1 rings (SSSR count). The molecule has 0 heterocycles. The number of halogens is 4. The second-order valence-corrected chi connectivity index (χ2v) is 2.99. The number of carbonyl (C=O) groups excluding carboxylic acids is 1. The number of nitriles is 1. The van der Waals surface area contributed by atoms with Gasteiger partial charge in [-0.1, -0.05) is 0 Å². The molecule has 0 atom stereocenters. The standard InChI is InChI=1S/C9H3ClF3NO/c10-8(15)6-3-5(4-14)1-2-7(6)9(11,12)13/h1-3H. The van der Waals surface area contributed by atoms with Crippen molar-refractivity contribution in [3.63, 3.8) is 0 Å². The topological polar surface area (TPSA) is 40.9 Å². The van der Waals surface area contributed by atoms with Gasteiger partial charge >= 0.3 is 6.18 Å². The van der Waals surface area contributed by atoms with Crippen LogP contribution in [0.25, 0.3) is 0 Å². The molecule has 0 aliphatic carbocycles. The Kier molecular flexibility index (Phi) is 3.01. The van der Waals surface area contributed by atoms with Crippen LogP contribution >= 0.6 is 11.6 Å². The van der Waals surface area contributed by atoms with Gasteiger partial charge in [-0.05, 0) is 29.8 Å². The predicted octanol–water partition coefficient (Wildman–Crippen LogP) is 2.96. The third-order valence-electron chi connectivity index (χ3n) is 1.67. The fraction of sp³-hybridized carbons (Fsp3) is 0.111. The van der Waals surface area contributed by atoms with Crippen LogP contribution in [0.15, 0.2) is 18.2 Å². The van der Waals surface area contributed by atoms with Crippen molar-refractivity contribution in [3.05, 3.63) is 34.9 Å². The van der Waals surface area contributed by atoms with E-state index in [1.54, 1.807) is 6.07 Å². The van der Waals surface area contributed by atoms with Gasteiger partial charge in [-0.2, -0.15) is 18.4 Å². The molecule has 0 bridgehead atoms. The zero-order valence-electron chi connectivity index (χ0n) is 7.10. The lowest BCUT2D eigenvalue weighted by Crippen LogP contribution is -2.11. The normalized spacial score (nSPS) is 10.9. The Labute approximate surface area is 87.9 Å². The zero-order chi connectivity index (χ0) is 11.6. The maximum atomic E-state index is 12.4. The van der Waals surface area contributed by atoms with E-state index in [0.29, 0.717) is 6.07 Å². The third kappa shape index (κ3) is 2.48. The second kappa shape index (κ2) is 3.91. The first kappa shape index (κ1) is 11.5. The molecule has 2 nitrogen and oxygen atoms in total. The number of alkyl halides is 3. The second-order valence-electron chi connectivity index (χ2n) is 2.64. The predicted molar refractivity (Wildman–Crippen MR) is 46.3 cm³/mol. The van der Waals surface area contributed by atoms with E-state index < -0.39 is 22.5 Å². The van der Waals surface area contributed by atoms with Gasteiger partial charge in [0, 0.05) is 5.56 Å². The molecule has 0 saturated heterocycles. The third-order valence-corrected chi connectivity index (χ3v) is 1.87. The molecule has 6 heteroatoms. The first-order valence-electron chi connectivity index (χ1n) is 3.67. The number of hydrogen-bond acceptors (Lipinski definition) is 2. The van der Waals surface area contributed by atoms with E-state index in [0.717, 1.165) is 12.1 Å². The van der Waals surface area contributed by atoms with Crippen LogP contribution in [0.5, 0.6) is 0 Å². The quantitative estimate of drug-likeness (QED) is 0.700. The average molecular weight is 234 g/mol. The van der Waals surface area contributed by atoms with Gasteiger partial charge in [0.15, 0.2) is 0 Å². The Morgan fingerprint density at radius 1 is 1.40 bits per heavy atom. The molecule has 0 aliphatic rings. The molecule has 1 aromatic rings. The molecular weight excluding hydrogens is 231 g/mol. The van der Waals surface area contributed by atoms with Gasteiger partial charge in [-0.15, -0.1) is 0 Å². The summed E-state index contributed by atoms with van der Waals surface area (Å²) in [5.41, 5.74) is -1.89. The fourth-order valence-corrected chi connectivity index (χ4v) is 1.18. The summed E-state index contributed by atoms with van der Waals surface area (Å²) >= 11 is 5.00. The van der Waals surface area contributed by atoms with E-state index in [-0.39, 0.29) is 5.56 Å². The van der Waals surface area contributed by atoms with Gasteiger partial charge in [0.1, 0.15) is 0 Å². The van der Waals surface area contributed by atoms with E-state index in [4.69, 9.17) is 16.9 Å². The van der Waals surface area contributed by atoms with Crippen LogP contribution in [-0.4, -0.2) is 5.24 Å². The Balaban J connectivity index is 3.42. The molecular formula is C9H3ClF3NO. The van der Waals surface area contributed by atoms with E-state index in [1.165, 1.54) is 0 Å². The van der Waals surface area contributed by atoms with Crippen molar-refractivity contribution in [1.82, 2.24) is 0 Å². The molecule has 0 radical (unpaired) electrons. The summed E-state index contributed by atoms with van der Waals surface area (Å²) in [6.07, 6.45) is -4.66.